The van der Waals surface area contributed by atoms with Gasteiger partial charge in [-0.25, -0.2) is 0 Å². The molecule has 3 heteroatoms. The van der Waals surface area contributed by atoms with Crippen LogP contribution >= 0.6 is 11.3 Å². The van der Waals surface area contributed by atoms with Crippen molar-refractivity contribution in [2.24, 2.45) is 0 Å². The van der Waals surface area contributed by atoms with E-state index in [1.54, 1.807) is 11.3 Å². The fourth-order valence-electron chi connectivity index (χ4n) is 1.18. The topological polar surface area (TPSA) is 29.1 Å². The van der Waals surface area contributed by atoms with Crippen LogP contribution < -0.4 is 5.32 Å². The number of hydrogen-bond donors (Lipinski definition) is 1. The van der Waals surface area contributed by atoms with E-state index in [1.807, 2.05) is 30.5 Å². The van der Waals surface area contributed by atoms with E-state index in [0.29, 0.717) is 6.04 Å². The number of amides is 1. The molecule has 1 N–H and O–H groups in total. The second-order valence-corrected chi connectivity index (χ2v) is 4.57. The van der Waals surface area contributed by atoms with Crippen molar-refractivity contribution in [3.63, 3.8) is 0 Å². The Bertz CT molecular complexity index is 349. The molecule has 1 heterocycles. The molecular formula is C11H13NOS. The maximum atomic E-state index is 11.5. The number of hydrogen-bond acceptors (Lipinski definition) is 2. The minimum Gasteiger partial charge on any atom is -0.350 e. The lowest BCUT2D eigenvalue weighted by Crippen LogP contribution is -2.25. The molecule has 1 aliphatic carbocycles. The predicted molar refractivity (Wildman–Crippen MR) is 59.1 cm³/mol. The fourth-order valence-corrected chi connectivity index (χ4v) is 1.90. The second-order valence-electron chi connectivity index (χ2n) is 3.59. The summed E-state index contributed by atoms with van der Waals surface area (Å²) in [6.07, 6.45) is 4.21. The van der Waals surface area contributed by atoms with E-state index < -0.39 is 0 Å². The van der Waals surface area contributed by atoms with E-state index in [1.165, 1.54) is 0 Å². The molecule has 2 nitrogen and oxygen atoms in total. The number of thiophene rings is 1. The summed E-state index contributed by atoms with van der Waals surface area (Å²) < 4.78 is 0. The molecule has 0 saturated heterocycles. The number of carbonyl (C=O) groups excluding carboxylic acids is 1. The van der Waals surface area contributed by atoms with E-state index in [9.17, 15) is 4.79 Å². The van der Waals surface area contributed by atoms with Crippen LogP contribution in [-0.4, -0.2) is 11.9 Å². The first-order valence-corrected chi connectivity index (χ1v) is 5.66. The highest BCUT2D eigenvalue weighted by Gasteiger charge is 2.23. The van der Waals surface area contributed by atoms with Gasteiger partial charge in [0.25, 0.3) is 0 Å². The molecule has 0 atom stereocenters. The molecule has 1 aromatic heterocycles. The maximum absolute atomic E-state index is 11.5. The summed E-state index contributed by atoms with van der Waals surface area (Å²) in [6, 6.07) is 4.44. The molecule has 0 aliphatic heterocycles. The molecular weight excluding hydrogens is 194 g/mol. The van der Waals surface area contributed by atoms with Crippen LogP contribution in [0.4, 0.5) is 0 Å². The molecule has 0 aromatic carbocycles. The maximum Gasteiger partial charge on any atom is 0.247 e. The van der Waals surface area contributed by atoms with Gasteiger partial charge in [0.1, 0.15) is 0 Å². The largest absolute Gasteiger partial charge is 0.350 e. The summed E-state index contributed by atoms with van der Waals surface area (Å²) in [5, 5.41) is 4.98. The van der Waals surface area contributed by atoms with E-state index in [2.05, 4.69) is 5.32 Å². The van der Waals surface area contributed by atoms with Crippen LogP contribution in [-0.2, 0) is 4.79 Å². The molecule has 0 unspecified atom stereocenters. The minimum atomic E-state index is 0.0703. The van der Waals surface area contributed by atoms with E-state index in [-0.39, 0.29) is 5.91 Å². The highest BCUT2D eigenvalue weighted by Crippen LogP contribution is 2.20. The summed E-state index contributed by atoms with van der Waals surface area (Å²) >= 11 is 1.65. The minimum absolute atomic E-state index is 0.0703. The van der Waals surface area contributed by atoms with Crippen molar-refractivity contribution < 1.29 is 4.79 Å². The standard InChI is InChI=1S/C11H13NOS/c1-8(7-10-3-2-6-14-10)11(13)12-9-4-5-9/h2-3,6-7,9H,4-5H2,1H3,(H,12,13)/b8-7+. The zero-order chi connectivity index (χ0) is 9.97. The van der Waals surface area contributed by atoms with Gasteiger partial charge in [0, 0.05) is 16.5 Å². The van der Waals surface area contributed by atoms with Crippen LogP contribution in [0.3, 0.4) is 0 Å². The van der Waals surface area contributed by atoms with Crippen molar-refractivity contribution in [3.8, 4) is 0 Å². The Kier molecular flexibility index (Phi) is 2.68. The fraction of sp³-hybridized carbons (Fsp3) is 0.364. The molecule has 14 heavy (non-hydrogen) atoms. The molecule has 1 aliphatic rings. The number of carbonyl (C=O) groups is 1. The van der Waals surface area contributed by atoms with Gasteiger partial charge < -0.3 is 5.32 Å². The molecule has 2 rings (SSSR count). The van der Waals surface area contributed by atoms with Crippen molar-refractivity contribution in [1.82, 2.24) is 5.32 Å². The normalized spacial score (nSPS) is 16.8. The average Bonchev–Trinajstić information content (AvgIpc) is 2.81. The Labute approximate surface area is 87.6 Å². The van der Waals surface area contributed by atoms with Gasteiger partial charge in [-0.15, -0.1) is 11.3 Å². The quantitative estimate of drug-likeness (QED) is 0.758. The zero-order valence-electron chi connectivity index (χ0n) is 8.12. The lowest BCUT2D eigenvalue weighted by atomic mass is 10.2. The van der Waals surface area contributed by atoms with Gasteiger partial charge in [0.2, 0.25) is 5.91 Å². The van der Waals surface area contributed by atoms with Crippen LogP contribution in [0.2, 0.25) is 0 Å². The molecule has 0 bridgehead atoms. The van der Waals surface area contributed by atoms with Crippen molar-refractivity contribution in [1.29, 1.82) is 0 Å². The third-order valence-electron chi connectivity index (χ3n) is 2.17. The van der Waals surface area contributed by atoms with Gasteiger partial charge >= 0.3 is 0 Å². The monoisotopic (exact) mass is 207 g/mol. The Morgan fingerprint density at radius 1 is 1.64 bits per heavy atom. The van der Waals surface area contributed by atoms with Crippen molar-refractivity contribution in [2.45, 2.75) is 25.8 Å². The van der Waals surface area contributed by atoms with Gasteiger partial charge in [-0.05, 0) is 37.3 Å². The van der Waals surface area contributed by atoms with Crippen LogP contribution in [0.5, 0.6) is 0 Å². The van der Waals surface area contributed by atoms with Crippen LogP contribution in [0, 0.1) is 0 Å². The summed E-state index contributed by atoms with van der Waals surface area (Å²) in [4.78, 5) is 12.7. The van der Waals surface area contributed by atoms with Gasteiger partial charge in [0.15, 0.2) is 0 Å². The number of nitrogens with one attached hydrogen (secondary N) is 1. The third-order valence-corrected chi connectivity index (χ3v) is 2.99. The lowest BCUT2D eigenvalue weighted by Gasteiger charge is -2.01. The summed E-state index contributed by atoms with van der Waals surface area (Å²) in [6.45, 7) is 1.86. The third kappa shape index (κ3) is 2.45. The van der Waals surface area contributed by atoms with Crippen molar-refractivity contribution >= 4 is 23.3 Å². The first-order chi connectivity index (χ1) is 6.75. The molecule has 0 radical (unpaired) electrons. The van der Waals surface area contributed by atoms with Gasteiger partial charge in [-0.3, -0.25) is 4.79 Å². The predicted octanol–water partition coefficient (Wildman–Crippen LogP) is 2.43. The Balaban J connectivity index is 1.98. The molecule has 1 fully saturated rings. The SMILES string of the molecule is C/C(=C\c1cccs1)C(=O)NC1CC1. The van der Waals surface area contributed by atoms with Crippen molar-refractivity contribution in [2.75, 3.05) is 0 Å². The van der Waals surface area contributed by atoms with Crippen molar-refractivity contribution in [3.05, 3.63) is 28.0 Å². The second kappa shape index (κ2) is 3.96. The highest BCUT2D eigenvalue weighted by atomic mass is 32.1. The molecule has 74 valence electrons. The molecule has 0 spiro atoms. The summed E-state index contributed by atoms with van der Waals surface area (Å²) in [7, 11) is 0. The van der Waals surface area contributed by atoms with Crippen LogP contribution in [0.15, 0.2) is 23.1 Å². The summed E-state index contributed by atoms with van der Waals surface area (Å²) in [5.41, 5.74) is 0.791. The van der Waals surface area contributed by atoms with Crippen LogP contribution in [0.1, 0.15) is 24.6 Å². The number of rotatable bonds is 3. The summed E-state index contributed by atoms with van der Waals surface area (Å²) in [5.74, 6) is 0.0703. The lowest BCUT2D eigenvalue weighted by molar-refractivity contribution is -0.117. The Morgan fingerprint density at radius 2 is 2.43 bits per heavy atom. The zero-order valence-corrected chi connectivity index (χ0v) is 8.93. The van der Waals surface area contributed by atoms with Gasteiger partial charge in [0.05, 0.1) is 0 Å². The molecule has 1 aromatic rings. The van der Waals surface area contributed by atoms with Crippen LogP contribution in [0.25, 0.3) is 6.08 Å². The van der Waals surface area contributed by atoms with E-state index in [0.717, 1.165) is 23.3 Å². The Morgan fingerprint density at radius 3 is 3.00 bits per heavy atom. The smallest absolute Gasteiger partial charge is 0.247 e. The highest BCUT2D eigenvalue weighted by molar-refractivity contribution is 7.10. The molecule has 1 saturated carbocycles. The average molecular weight is 207 g/mol. The van der Waals surface area contributed by atoms with Gasteiger partial charge in [-0.2, -0.15) is 0 Å². The molecule has 1 amide bonds. The van der Waals surface area contributed by atoms with Gasteiger partial charge in [-0.1, -0.05) is 6.07 Å². The van der Waals surface area contributed by atoms with E-state index >= 15 is 0 Å². The van der Waals surface area contributed by atoms with E-state index in [4.69, 9.17) is 0 Å². The first-order valence-electron chi connectivity index (χ1n) is 4.78. The Hall–Kier alpha value is -1.09. The first kappa shape index (κ1) is 9.46.